The summed E-state index contributed by atoms with van der Waals surface area (Å²) in [5.41, 5.74) is 13.1. The van der Waals surface area contributed by atoms with Gasteiger partial charge in [0, 0.05) is 33.0 Å². The minimum absolute atomic E-state index is 0. The Kier molecular flexibility index (Phi) is 12.6. The van der Waals surface area contributed by atoms with Crippen molar-refractivity contribution in [1.82, 2.24) is 24.3 Å². The van der Waals surface area contributed by atoms with E-state index in [1.165, 1.54) is 33.4 Å². The topological polar surface area (TPSA) is 68.8 Å². The number of para-hydroxylation sites is 1. The van der Waals surface area contributed by atoms with Crippen molar-refractivity contribution < 1.29 is 26.2 Å². The zero-order valence-electron chi connectivity index (χ0n) is 34.0. The molecule has 4 aromatic carbocycles. The molecule has 6 aromatic rings. The first kappa shape index (κ1) is 40.9. The average molecular weight is 902 g/mol. The summed E-state index contributed by atoms with van der Waals surface area (Å²) >= 11 is 0. The molecule has 2 heterocycles. The van der Waals surface area contributed by atoms with Gasteiger partial charge in [-0.1, -0.05) is 131 Å². The summed E-state index contributed by atoms with van der Waals surface area (Å²) in [6.07, 6.45) is 3.76. The second-order valence-electron chi connectivity index (χ2n) is 16.3. The minimum Gasteiger partial charge on any atom is -0.507 e. The van der Waals surface area contributed by atoms with Crippen LogP contribution in [0.15, 0.2) is 79.3 Å². The van der Waals surface area contributed by atoms with Crippen LogP contribution in [-0.2, 0) is 21.1 Å². The molecule has 54 heavy (non-hydrogen) atoms. The average Bonchev–Trinajstić information content (AvgIpc) is 3.79. The summed E-state index contributed by atoms with van der Waals surface area (Å²) in [7, 11) is 0. The third-order valence-electron chi connectivity index (χ3n) is 10.4. The Balaban J connectivity index is 0.00000561. The van der Waals surface area contributed by atoms with Crippen molar-refractivity contribution >= 4 is 0 Å². The molecule has 0 spiro atoms. The predicted molar refractivity (Wildman–Crippen MR) is 220 cm³/mol. The third-order valence-corrected chi connectivity index (χ3v) is 10.4. The molecule has 6 rings (SSSR count). The first-order valence-electron chi connectivity index (χ1n) is 19.3. The summed E-state index contributed by atoms with van der Waals surface area (Å²) in [5, 5.41) is 16.0. The van der Waals surface area contributed by atoms with Crippen LogP contribution in [0.3, 0.4) is 0 Å². The molecule has 0 radical (unpaired) electrons. The molecular formula is C47H56N5OPt-. The zero-order chi connectivity index (χ0) is 38.3. The number of imidazole rings is 1. The van der Waals surface area contributed by atoms with E-state index < -0.39 is 0 Å². The van der Waals surface area contributed by atoms with E-state index in [1.54, 1.807) is 12.4 Å². The van der Waals surface area contributed by atoms with E-state index in [1.807, 2.05) is 28.9 Å². The molecule has 286 valence electrons. The molecule has 0 atom stereocenters. The van der Waals surface area contributed by atoms with Crippen LogP contribution < -0.4 is 0 Å². The molecule has 0 bridgehead atoms. The standard InChI is InChI=1S/C47H56N5O.Pt/c1-27(2)35-21-38(29(5)6)44(39(22-35)30(7)8)51-25-42(50-47(51)37-18-13-14-19-43(37)53)33-16-15-17-34(20-33)46-48-26-49-52(46)45-40(31(9)10)23-36(28(3)4)24-41(45)32(11)12;/h13-19,21-32,53H,1-12H3;/q-1;. The van der Waals surface area contributed by atoms with Gasteiger partial charge in [0.25, 0.3) is 0 Å². The minimum atomic E-state index is 0. The van der Waals surface area contributed by atoms with Crippen LogP contribution in [0, 0.1) is 6.07 Å². The van der Waals surface area contributed by atoms with Crippen molar-refractivity contribution in [3.05, 3.63) is 119 Å². The molecule has 2 aromatic heterocycles. The fourth-order valence-electron chi connectivity index (χ4n) is 7.23. The molecule has 6 nitrogen and oxygen atoms in total. The summed E-state index contributed by atoms with van der Waals surface area (Å²) in [4.78, 5) is 10.1. The number of rotatable bonds is 11. The van der Waals surface area contributed by atoms with Crippen molar-refractivity contribution in [2.24, 2.45) is 0 Å². The van der Waals surface area contributed by atoms with E-state index in [9.17, 15) is 5.11 Å². The molecule has 0 aliphatic rings. The molecule has 0 amide bonds. The molecule has 0 aliphatic carbocycles. The SMILES string of the molecule is CC(C)c1cc(C(C)C)c(-n2cc(-c3[c-]c(-c4ncnn4-c4c(C(C)C)cc(C(C)C)cc4C(C)C)ccc3)nc2-c2ccccc2O)c(C(C)C)c1.[Pt]. The Bertz CT molecular complexity index is 2180. The van der Waals surface area contributed by atoms with Gasteiger partial charge < -0.3 is 9.67 Å². The Labute approximate surface area is 337 Å². The Morgan fingerprint density at radius 3 is 1.57 bits per heavy atom. The van der Waals surface area contributed by atoms with E-state index in [2.05, 4.69) is 136 Å². The molecule has 0 aliphatic heterocycles. The van der Waals surface area contributed by atoms with E-state index in [-0.39, 0.29) is 38.7 Å². The van der Waals surface area contributed by atoms with Crippen molar-refractivity contribution in [1.29, 1.82) is 0 Å². The molecule has 0 saturated heterocycles. The third kappa shape index (κ3) is 7.91. The van der Waals surface area contributed by atoms with E-state index in [0.29, 0.717) is 35.1 Å². The number of nitrogens with zero attached hydrogens (tertiary/aromatic N) is 5. The van der Waals surface area contributed by atoms with Crippen LogP contribution in [0.2, 0.25) is 0 Å². The maximum absolute atomic E-state index is 11.2. The van der Waals surface area contributed by atoms with Gasteiger partial charge in [-0.15, -0.1) is 24.3 Å². The van der Waals surface area contributed by atoms with Gasteiger partial charge in [-0.3, -0.25) is 9.97 Å². The second-order valence-corrected chi connectivity index (χ2v) is 16.3. The van der Waals surface area contributed by atoms with Crippen molar-refractivity contribution in [3.63, 3.8) is 0 Å². The first-order chi connectivity index (χ1) is 25.2. The van der Waals surface area contributed by atoms with Gasteiger partial charge in [-0.2, -0.15) is 5.10 Å². The van der Waals surface area contributed by atoms with Gasteiger partial charge in [-0.05, 0) is 81.0 Å². The van der Waals surface area contributed by atoms with Crippen molar-refractivity contribution in [3.8, 4) is 51.2 Å². The van der Waals surface area contributed by atoms with E-state index in [0.717, 1.165) is 34.0 Å². The van der Waals surface area contributed by atoms with Gasteiger partial charge in [0.15, 0.2) is 0 Å². The van der Waals surface area contributed by atoms with E-state index in [4.69, 9.17) is 15.1 Å². The number of hydrogen-bond acceptors (Lipinski definition) is 4. The maximum atomic E-state index is 11.2. The fourth-order valence-corrected chi connectivity index (χ4v) is 7.23. The fraction of sp³-hybridized carbons (Fsp3) is 0.383. The van der Waals surface area contributed by atoms with Gasteiger partial charge in [0.05, 0.1) is 22.8 Å². The molecule has 0 fully saturated rings. The van der Waals surface area contributed by atoms with Gasteiger partial charge in [0.1, 0.15) is 17.9 Å². The molecule has 1 N–H and O–H groups in total. The van der Waals surface area contributed by atoms with Gasteiger partial charge in [-0.25, -0.2) is 4.68 Å². The Hall–Kier alpha value is -4.28. The van der Waals surface area contributed by atoms with Crippen LogP contribution in [0.1, 0.15) is 152 Å². The quantitative estimate of drug-likeness (QED) is 0.132. The summed E-state index contributed by atoms with van der Waals surface area (Å²) in [5.74, 6) is 3.57. The maximum Gasteiger partial charge on any atom is 0.140 e. The normalized spacial score (nSPS) is 11.9. The number of benzene rings is 4. The number of aromatic hydroxyl groups is 1. The largest absolute Gasteiger partial charge is 0.507 e. The van der Waals surface area contributed by atoms with Crippen LogP contribution >= 0.6 is 0 Å². The molecular weight excluding hydrogens is 846 g/mol. The van der Waals surface area contributed by atoms with Gasteiger partial charge >= 0.3 is 0 Å². The van der Waals surface area contributed by atoms with Gasteiger partial charge in [0.2, 0.25) is 0 Å². The molecule has 0 unspecified atom stereocenters. The summed E-state index contributed by atoms with van der Waals surface area (Å²) in [6.45, 7) is 27.0. The number of aromatic nitrogens is 5. The number of phenolic OH excluding ortho intramolecular Hbond substituents is 1. The molecule has 7 heteroatoms. The summed E-state index contributed by atoms with van der Waals surface area (Å²) in [6, 6.07) is 26.7. The van der Waals surface area contributed by atoms with E-state index >= 15 is 0 Å². The Morgan fingerprint density at radius 1 is 0.574 bits per heavy atom. The first-order valence-corrected chi connectivity index (χ1v) is 19.3. The Morgan fingerprint density at radius 2 is 1.07 bits per heavy atom. The second kappa shape index (κ2) is 16.6. The number of hydrogen-bond donors (Lipinski definition) is 1. The van der Waals surface area contributed by atoms with Crippen LogP contribution in [-0.4, -0.2) is 29.4 Å². The monoisotopic (exact) mass is 901 g/mol. The smallest absolute Gasteiger partial charge is 0.140 e. The van der Waals surface area contributed by atoms with Crippen LogP contribution in [0.5, 0.6) is 5.75 Å². The van der Waals surface area contributed by atoms with Crippen molar-refractivity contribution in [2.75, 3.05) is 0 Å². The van der Waals surface area contributed by atoms with Crippen molar-refractivity contribution in [2.45, 2.75) is 119 Å². The zero-order valence-corrected chi connectivity index (χ0v) is 36.2. The summed E-state index contributed by atoms with van der Waals surface area (Å²) < 4.78 is 4.21. The number of phenols is 1. The molecule has 0 saturated carbocycles. The van der Waals surface area contributed by atoms with Crippen LogP contribution in [0.4, 0.5) is 0 Å². The predicted octanol–water partition coefficient (Wildman–Crippen LogP) is 12.7. The van der Waals surface area contributed by atoms with Crippen LogP contribution in [0.25, 0.3) is 45.4 Å².